The van der Waals surface area contributed by atoms with Gasteiger partial charge in [0.2, 0.25) is 0 Å². The lowest BCUT2D eigenvalue weighted by molar-refractivity contribution is 0.0599. The van der Waals surface area contributed by atoms with Crippen molar-refractivity contribution in [2.24, 2.45) is 0 Å². The van der Waals surface area contributed by atoms with E-state index in [0.717, 1.165) is 22.9 Å². The van der Waals surface area contributed by atoms with E-state index in [1.165, 1.54) is 7.11 Å². The van der Waals surface area contributed by atoms with Gasteiger partial charge in [-0.15, -0.1) is 11.6 Å². The van der Waals surface area contributed by atoms with Crippen molar-refractivity contribution in [3.05, 3.63) is 33.8 Å². The lowest BCUT2D eigenvalue weighted by Crippen LogP contribution is -2.06. The Morgan fingerprint density at radius 2 is 2.27 bits per heavy atom. The predicted molar refractivity (Wildman–Crippen MR) is 64.5 cm³/mol. The molecule has 0 heterocycles. The van der Waals surface area contributed by atoms with Crippen molar-refractivity contribution in [2.75, 3.05) is 13.0 Å². The van der Waals surface area contributed by atoms with Crippen LogP contribution < -0.4 is 0 Å². The molecule has 0 aromatic heterocycles. The van der Waals surface area contributed by atoms with Gasteiger partial charge in [0.25, 0.3) is 0 Å². The van der Waals surface area contributed by atoms with Gasteiger partial charge in [-0.05, 0) is 30.5 Å². The third-order valence-corrected chi connectivity index (χ3v) is 3.09. The number of rotatable bonds is 4. The molecular weight excluding hydrogens is 279 g/mol. The van der Waals surface area contributed by atoms with E-state index in [0.29, 0.717) is 11.4 Å². The van der Waals surface area contributed by atoms with Gasteiger partial charge in [0, 0.05) is 10.4 Å². The minimum absolute atomic E-state index is 0.305. The summed E-state index contributed by atoms with van der Waals surface area (Å²) in [4.78, 5) is 11.5. The molecule has 0 N–H and O–H groups in total. The average molecular weight is 292 g/mol. The number of methoxy groups -OCH3 is 1. The van der Waals surface area contributed by atoms with Crippen molar-refractivity contribution in [2.45, 2.75) is 12.8 Å². The van der Waals surface area contributed by atoms with E-state index in [1.807, 2.05) is 12.1 Å². The molecule has 0 saturated heterocycles. The molecule has 0 bridgehead atoms. The van der Waals surface area contributed by atoms with Gasteiger partial charge in [0.1, 0.15) is 0 Å². The summed E-state index contributed by atoms with van der Waals surface area (Å²) >= 11 is 9.06. The Balaban J connectivity index is 3.03. The van der Waals surface area contributed by atoms with Crippen LogP contribution in [-0.4, -0.2) is 19.0 Å². The number of halogens is 2. The van der Waals surface area contributed by atoms with Gasteiger partial charge in [0.15, 0.2) is 0 Å². The van der Waals surface area contributed by atoms with Crippen LogP contribution in [0.15, 0.2) is 22.7 Å². The number of benzene rings is 1. The molecule has 82 valence electrons. The number of carbonyl (C=O) groups excluding carboxylic acids is 1. The SMILES string of the molecule is COC(=O)c1cccc(Br)c1CCCCl. The highest BCUT2D eigenvalue weighted by atomic mass is 79.9. The molecule has 0 unspecified atom stereocenters. The molecule has 2 nitrogen and oxygen atoms in total. The molecule has 15 heavy (non-hydrogen) atoms. The Labute approximate surface area is 103 Å². The van der Waals surface area contributed by atoms with E-state index >= 15 is 0 Å². The van der Waals surface area contributed by atoms with Crippen LogP contribution in [0.2, 0.25) is 0 Å². The number of alkyl halides is 1. The number of hydrogen-bond donors (Lipinski definition) is 0. The Morgan fingerprint density at radius 3 is 2.87 bits per heavy atom. The van der Waals surface area contributed by atoms with Crippen molar-refractivity contribution in [3.8, 4) is 0 Å². The first-order valence-corrected chi connectivity index (χ1v) is 5.95. The summed E-state index contributed by atoms with van der Waals surface area (Å²) in [5, 5.41) is 0. The van der Waals surface area contributed by atoms with Gasteiger partial charge in [-0.3, -0.25) is 0 Å². The molecule has 0 spiro atoms. The molecule has 0 saturated carbocycles. The molecule has 1 aromatic rings. The van der Waals surface area contributed by atoms with Crippen LogP contribution in [-0.2, 0) is 11.2 Å². The van der Waals surface area contributed by atoms with Gasteiger partial charge >= 0.3 is 5.97 Å². The lowest BCUT2D eigenvalue weighted by Gasteiger charge is -2.09. The molecule has 0 aliphatic rings. The molecular formula is C11H12BrClO2. The molecule has 0 radical (unpaired) electrons. The number of esters is 1. The first kappa shape index (κ1) is 12.5. The molecule has 0 atom stereocenters. The summed E-state index contributed by atoms with van der Waals surface area (Å²) < 4.78 is 5.65. The summed E-state index contributed by atoms with van der Waals surface area (Å²) in [5.41, 5.74) is 1.57. The summed E-state index contributed by atoms with van der Waals surface area (Å²) in [7, 11) is 1.38. The van der Waals surface area contributed by atoms with E-state index < -0.39 is 0 Å². The average Bonchev–Trinajstić information content (AvgIpc) is 2.26. The van der Waals surface area contributed by atoms with E-state index in [-0.39, 0.29) is 5.97 Å². The zero-order valence-electron chi connectivity index (χ0n) is 8.43. The van der Waals surface area contributed by atoms with Crippen molar-refractivity contribution in [1.29, 1.82) is 0 Å². The molecule has 1 rings (SSSR count). The van der Waals surface area contributed by atoms with Crippen LogP contribution >= 0.6 is 27.5 Å². The number of ether oxygens (including phenoxy) is 1. The van der Waals surface area contributed by atoms with Crippen LogP contribution in [0, 0.1) is 0 Å². The zero-order valence-corrected chi connectivity index (χ0v) is 10.8. The largest absolute Gasteiger partial charge is 0.465 e. The fourth-order valence-corrected chi connectivity index (χ4v) is 2.06. The Kier molecular flexibility index (Phi) is 5.12. The van der Waals surface area contributed by atoms with Gasteiger partial charge in [-0.1, -0.05) is 22.0 Å². The molecule has 0 amide bonds. The number of carbonyl (C=O) groups is 1. The highest BCUT2D eigenvalue weighted by Crippen LogP contribution is 2.23. The molecule has 1 aromatic carbocycles. The summed E-state index contributed by atoms with van der Waals surface area (Å²) in [5.74, 6) is 0.281. The maximum absolute atomic E-state index is 11.5. The fraction of sp³-hybridized carbons (Fsp3) is 0.364. The lowest BCUT2D eigenvalue weighted by atomic mass is 10.0. The smallest absolute Gasteiger partial charge is 0.338 e. The standard InChI is InChI=1S/C11H12BrClO2/c1-15-11(14)9-4-2-6-10(12)8(9)5-3-7-13/h2,4,6H,3,5,7H2,1H3. The highest BCUT2D eigenvalue weighted by Gasteiger charge is 2.13. The summed E-state index contributed by atoms with van der Waals surface area (Å²) in [6.07, 6.45) is 1.61. The second kappa shape index (κ2) is 6.13. The van der Waals surface area contributed by atoms with Crippen LogP contribution in [0.3, 0.4) is 0 Å². The minimum atomic E-state index is -0.305. The van der Waals surface area contributed by atoms with E-state index in [4.69, 9.17) is 16.3 Å². The molecule has 4 heteroatoms. The monoisotopic (exact) mass is 290 g/mol. The van der Waals surface area contributed by atoms with Crippen LogP contribution in [0.25, 0.3) is 0 Å². The molecule has 0 fully saturated rings. The van der Waals surface area contributed by atoms with Crippen molar-refractivity contribution in [1.82, 2.24) is 0 Å². The topological polar surface area (TPSA) is 26.3 Å². The van der Waals surface area contributed by atoms with Gasteiger partial charge in [0.05, 0.1) is 12.7 Å². The normalized spacial score (nSPS) is 10.1. The first-order chi connectivity index (χ1) is 7.20. The summed E-state index contributed by atoms with van der Waals surface area (Å²) in [6.45, 7) is 0. The van der Waals surface area contributed by atoms with Gasteiger partial charge in [-0.2, -0.15) is 0 Å². The predicted octanol–water partition coefficient (Wildman–Crippen LogP) is 3.41. The van der Waals surface area contributed by atoms with Gasteiger partial charge in [-0.25, -0.2) is 4.79 Å². The highest BCUT2D eigenvalue weighted by molar-refractivity contribution is 9.10. The fourth-order valence-electron chi connectivity index (χ4n) is 1.36. The third-order valence-electron chi connectivity index (χ3n) is 2.08. The Morgan fingerprint density at radius 1 is 1.53 bits per heavy atom. The Bertz CT molecular complexity index is 352. The summed E-state index contributed by atoms with van der Waals surface area (Å²) in [6, 6.07) is 5.50. The van der Waals surface area contributed by atoms with Crippen LogP contribution in [0.1, 0.15) is 22.3 Å². The second-order valence-corrected chi connectivity index (χ2v) is 4.28. The quantitative estimate of drug-likeness (QED) is 0.628. The minimum Gasteiger partial charge on any atom is -0.465 e. The third kappa shape index (κ3) is 3.21. The van der Waals surface area contributed by atoms with E-state index in [2.05, 4.69) is 15.9 Å². The van der Waals surface area contributed by atoms with Crippen LogP contribution in [0.5, 0.6) is 0 Å². The Hall–Kier alpha value is -0.540. The maximum Gasteiger partial charge on any atom is 0.338 e. The van der Waals surface area contributed by atoms with E-state index in [1.54, 1.807) is 6.07 Å². The van der Waals surface area contributed by atoms with Crippen molar-refractivity contribution in [3.63, 3.8) is 0 Å². The molecule has 0 aliphatic carbocycles. The van der Waals surface area contributed by atoms with Crippen molar-refractivity contribution >= 4 is 33.5 Å². The maximum atomic E-state index is 11.5. The molecule has 0 aliphatic heterocycles. The second-order valence-electron chi connectivity index (χ2n) is 3.05. The van der Waals surface area contributed by atoms with Crippen molar-refractivity contribution < 1.29 is 9.53 Å². The van der Waals surface area contributed by atoms with Gasteiger partial charge < -0.3 is 4.74 Å². The zero-order chi connectivity index (χ0) is 11.3. The van der Waals surface area contributed by atoms with E-state index in [9.17, 15) is 4.79 Å². The van der Waals surface area contributed by atoms with Crippen LogP contribution in [0.4, 0.5) is 0 Å². The first-order valence-electron chi connectivity index (χ1n) is 4.62. The number of hydrogen-bond acceptors (Lipinski definition) is 2.